The minimum Gasteiger partial charge on any atom is -0.266 e. The van der Waals surface area contributed by atoms with Gasteiger partial charge in [-0.2, -0.15) is 13.2 Å². The fourth-order valence-corrected chi connectivity index (χ4v) is 1.84. The quantitative estimate of drug-likeness (QED) is 0.841. The first kappa shape index (κ1) is 13.0. The number of carbonyl (C=O) groups is 1. The molecule has 16 heavy (non-hydrogen) atoms. The van der Waals surface area contributed by atoms with Crippen molar-refractivity contribution in [3.05, 3.63) is 21.4 Å². The van der Waals surface area contributed by atoms with E-state index in [2.05, 4.69) is 4.84 Å². The Balaban J connectivity index is 2.47. The Morgan fingerprint density at radius 3 is 2.56 bits per heavy atom. The van der Waals surface area contributed by atoms with Crippen molar-refractivity contribution in [3.8, 4) is 0 Å². The van der Waals surface area contributed by atoms with Crippen LogP contribution in [0.2, 0.25) is 0 Å². The van der Waals surface area contributed by atoms with E-state index in [1.54, 1.807) is 11.5 Å². The van der Waals surface area contributed by atoms with Gasteiger partial charge in [-0.25, -0.2) is 5.48 Å². The van der Waals surface area contributed by atoms with Crippen LogP contribution < -0.4 is 5.48 Å². The van der Waals surface area contributed by atoms with Gasteiger partial charge in [-0.1, -0.05) is 0 Å². The molecule has 0 unspecified atom stereocenters. The third kappa shape index (κ3) is 3.82. The Kier molecular flexibility index (Phi) is 3.93. The molecule has 0 bridgehead atoms. The molecule has 0 spiro atoms. The first-order valence-electron chi connectivity index (χ1n) is 4.35. The Hall–Kier alpha value is -1.08. The molecule has 3 nitrogen and oxygen atoms in total. The second-order valence-electron chi connectivity index (χ2n) is 3.18. The number of hydrogen-bond donors (Lipinski definition) is 1. The van der Waals surface area contributed by atoms with Gasteiger partial charge in [0.1, 0.15) is 0 Å². The first-order chi connectivity index (χ1) is 7.29. The van der Waals surface area contributed by atoms with Gasteiger partial charge in [0.25, 0.3) is 5.91 Å². The molecule has 1 amide bonds. The minimum atomic E-state index is -4.45. The Bertz CT molecular complexity index is 367. The van der Waals surface area contributed by atoms with E-state index in [0.29, 0.717) is 4.88 Å². The van der Waals surface area contributed by atoms with E-state index in [1.165, 1.54) is 11.3 Å². The monoisotopic (exact) mass is 253 g/mol. The van der Waals surface area contributed by atoms with E-state index in [4.69, 9.17) is 0 Å². The summed E-state index contributed by atoms with van der Waals surface area (Å²) in [5.74, 6) is -0.662. The average Bonchev–Trinajstić information content (AvgIpc) is 2.45. The lowest BCUT2D eigenvalue weighted by Crippen LogP contribution is -2.29. The lowest BCUT2D eigenvalue weighted by atomic mass is 10.3. The van der Waals surface area contributed by atoms with E-state index in [1.807, 2.05) is 13.8 Å². The molecule has 1 rings (SSSR count). The third-order valence-corrected chi connectivity index (χ3v) is 2.94. The number of hydrogen-bond acceptors (Lipinski definition) is 3. The van der Waals surface area contributed by atoms with Gasteiger partial charge >= 0.3 is 6.18 Å². The van der Waals surface area contributed by atoms with Crippen molar-refractivity contribution in [2.75, 3.05) is 6.61 Å². The molecule has 0 aliphatic carbocycles. The van der Waals surface area contributed by atoms with Crippen LogP contribution in [0.3, 0.4) is 0 Å². The highest BCUT2D eigenvalue weighted by atomic mass is 32.1. The molecule has 7 heteroatoms. The summed E-state index contributed by atoms with van der Waals surface area (Å²) in [6.07, 6.45) is -4.45. The zero-order chi connectivity index (χ0) is 12.3. The fourth-order valence-electron chi connectivity index (χ4n) is 0.919. The smallest absolute Gasteiger partial charge is 0.266 e. The normalized spacial score (nSPS) is 11.6. The van der Waals surface area contributed by atoms with Crippen LogP contribution in [0.25, 0.3) is 0 Å². The number of nitrogens with one attached hydrogen (secondary N) is 1. The van der Waals surface area contributed by atoms with Crippen molar-refractivity contribution >= 4 is 17.2 Å². The van der Waals surface area contributed by atoms with E-state index in [9.17, 15) is 18.0 Å². The SMILES string of the molecule is Cc1cc(C(=O)NOCC(F)(F)F)sc1C. The molecule has 0 saturated carbocycles. The highest BCUT2D eigenvalue weighted by Gasteiger charge is 2.28. The summed E-state index contributed by atoms with van der Waals surface area (Å²) < 4.78 is 35.1. The maximum atomic E-state index is 11.7. The van der Waals surface area contributed by atoms with Gasteiger partial charge in [-0.3, -0.25) is 9.63 Å². The number of alkyl halides is 3. The van der Waals surface area contributed by atoms with Gasteiger partial charge in [0.15, 0.2) is 6.61 Å². The molecule has 0 aliphatic heterocycles. The summed E-state index contributed by atoms with van der Waals surface area (Å²) in [5.41, 5.74) is 2.67. The lowest BCUT2D eigenvalue weighted by Gasteiger charge is -2.07. The summed E-state index contributed by atoms with van der Waals surface area (Å²) >= 11 is 1.21. The highest BCUT2D eigenvalue weighted by Crippen LogP contribution is 2.20. The van der Waals surface area contributed by atoms with Crippen LogP contribution in [-0.4, -0.2) is 18.7 Å². The molecular formula is C9H10F3NO2S. The Morgan fingerprint density at radius 1 is 1.50 bits per heavy atom. The Morgan fingerprint density at radius 2 is 2.12 bits per heavy atom. The number of amides is 1. The topological polar surface area (TPSA) is 38.3 Å². The summed E-state index contributed by atoms with van der Waals surface area (Å²) in [6, 6.07) is 1.60. The van der Waals surface area contributed by atoms with Crippen molar-refractivity contribution in [3.63, 3.8) is 0 Å². The molecule has 0 fully saturated rings. The summed E-state index contributed by atoms with van der Waals surface area (Å²) in [7, 11) is 0. The number of carbonyl (C=O) groups excluding carboxylic acids is 1. The van der Waals surface area contributed by atoms with Gasteiger partial charge in [0.2, 0.25) is 0 Å². The first-order valence-corrected chi connectivity index (χ1v) is 5.17. The van der Waals surface area contributed by atoms with Crippen LogP contribution in [0, 0.1) is 13.8 Å². The summed E-state index contributed by atoms with van der Waals surface area (Å²) in [5, 5.41) is 0. The van der Waals surface area contributed by atoms with E-state index in [0.717, 1.165) is 10.4 Å². The van der Waals surface area contributed by atoms with E-state index >= 15 is 0 Å². The molecular weight excluding hydrogens is 243 g/mol. The molecule has 90 valence electrons. The van der Waals surface area contributed by atoms with Crippen LogP contribution in [0.5, 0.6) is 0 Å². The zero-order valence-electron chi connectivity index (χ0n) is 8.64. The number of thiophene rings is 1. The number of aryl methyl sites for hydroxylation is 2. The maximum Gasteiger partial charge on any atom is 0.414 e. The molecule has 1 aromatic rings. The zero-order valence-corrected chi connectivity index (χ0v) is 9.46. The molecule has 0 aromatic carbocycles. The van der Waals surface area contributed by atoms with Crippen molar-refractivity contribution in [1.29, 1.82) is 0 Å². The van der Waals surface area contributed by atoms with Gasteiger partial charge in [-0.05, 0) is 25.5 Å². The molecule has 0 radical (unpaired) electrons. The van der Waals surface area contributed by atoms with Crippen molar-refractivity contribution in [2.45, 2.75) is 20.0 Å². The van der Waals surface area contributed by atoms with Crippen molar-refractivity contribution in [1.82, 2.24) is 5.48 Å². The highest BCUT2D eigenvalue weighted by molar-refractivity contribution is 7.14. The van der Waals surface area contributed by atoms with Crippen LogP contribution >= 0.6 is 11.3 Å². The lowest BCUT2D eigenvalue weighted by molar-refractivity contribution is -0.184. The summed E-state index contributed by atoms with van der Waals surface area (Å²) in [4.78, 5) is 16.6. The molecule has 1 N–H and O–H groups in total. The van der Waals surface area contributed by atoms with Crippen LogP contribution in [-0.2, 0) is 4.84 Å². The van der Waals surface area contributed by atoms with Gasteiger partial charge in [0.05, 0.1) is 4.88 Å². The van der Waals surface area contributed by atoms with Crippen molar-refractivity contribution in [2.24, 2.45) is 0 Å². The summed E-state index contributed by atoms with van der Waals surface area (Å²) in [6.45, 7) is 2.15. The van der Waals surface area contributed by atoms with Gasteiger partial charge < -0.3 is 0 Å². The predicted octanol–water partition coefficient (Wildman–Crippen LogP) is 2.59. The third-order valence-electron chi connectivity index (χ3n) is 1.79. The van der Waals surface area contributed by atoms with Gasteiger partial charge in [0, 0.05) is 4.88 Å². The number of hydroxylamine groups is 1. The second-order valence-corrected chi connectivity index (χ2v) is 4.44. The van der Waals surface area contributed by atoms with Crippen molar-refractivity contribution < 1.29 is 22.8 Å². The largest absolute Gasteiger partial charge is 0.414 e. The van der Waals surface area contributed by atoms with E-state index in [-0.39, 0.29) is 0 Å². The fraction of sp³-hybridized carbons (Fsp3) is 0.444. The number of halogens is 3. The second kappa shape index (κ2) is 4.84. The predicted molar refractivity (Wildman–Crippen MR) is 53.3 cm³/mol. The molecule has 1 heterocycles. The van der Waals surface area contributed by atoms with Crippen LogP contribution in [0.15, 0.2) is 6.07 Å². The molecule has 1 aromatic heterocycles. The maximum absolute atomic E-state index is 11.7. The molecule has 0 aliphatic rings. The van der Waals surface area contributed by atoms with Gasteiger partial charge in [-0.15, -0.1) is 11.3 Å². The molecule has 0 saturated heterocycles. The Labute approximate surface area is 94.2 Å². The standard InChI is InChI=1S/C9H10F3NO2S/c1-5-3-7(16-6(5)2)8(14)13-15-4-9(10,11)12/h3H,4H2,1-2H3,(H,13,14). The number of rotatable bonds is 3. The average molecular weight is 253 g/mol. The van der Waals surface area contributed by atoms with Crippen LogP contribution in [0.4, 0.5) is 13.2 Å². The minimum absolute atomic E-state index is 0.331. The van der Waals surface area contributed by atoms with Crippen LogP contribution in [0.1, 0.15) is 20.1 Å². The molecule has 0 atom stereocenters. The van der Waals surface area contributed by atoms with E-state index < -0.39 is 18.7 Å².